The topological polar surface area (TPSA) is 26.3 Å². The lowest BCUT2D eigenvalue weighted by Crippen LogP contribution is -2.19. The van der Waals surface area contributed by atoms with Crippen LogP contribution < -0.4 is 0 Å². The van der Waals surface area contributed by atoms with Gasteiger partial charge in [0.05, 0.1) is 7.11 Å². The molecule has 1 aliphatic carbocycles. The lowest BCUT2D eigenvalue weighted by Gasteiger charge is -2.32. The number of unbranched alkanes of at least 4 members (excludes halogenated alkanes) is 5. The molecule has 0 aromatic carbocycles. The fourth-order valence-corrected chi connectivity index (χ4v) is 3.83. The van der Waals surface area contributed by atoms with Crippen LogP contribution in [0.5, 0.6) is 0 Å². The Hall–Kier alpha value is -0.530. The molecule has 1 aliphatic rings. The van der Waals surface area contributed by atoms with Gasteiger partial charge in [0.1, 0.15) is 0 Å². The van der Waals surface area contributed by atoms with Gasteiger partial charge in [-0.1, -0.05) is 84.0 Å². The SMILES string of the molecule is CCCCCC1CCCCC1CCCCCCC(=O)OC. The predicted octanol–water partition coefficient (Wildman–Crippen LogP) is 5.89. The molecule has 1 saturated carbocycles. The largest absolute Gasteiger partial charge is 0.469 e. The zero-order valence-electron chi connectivity index (χ0n) is 14.4. The Morgan fingerprint density at radius 3 is 2.05 bits per heavy atom. The zero-order valence-corrected chi connectivity index (χ0v) is 14.4. The van der Waals surface area contributed by atoms with Crippen LogP contribution >= 0.6 is 0 Å². The summed E-state index contributed by atoms with van der Waals surface area (Å²) in [6.45, 7) is 2.30. The average molecular weight is 296 g/mol. The summed E-state index contributed by atoms with van der Waals surface area (Å²) < 4.78 is 4.67. The normalized spacial score (nSPS) is 22.2. The summed E-state index contributed by atoms with van der Waals surface area (Å²) >= 11 is 0. The number of esters is 1. The van der Waals surface area contributed by atoms with E-state index in [0.717, 1.165) is 18.3 Å². The predicted molar refractivity (Wildman–Crippen MR) is 89.3 cm³/mol. The molecule has 2 atom stereocenters. The Morgan fingerprint density at radius 2 is 1.48 bits per heavy atom. The van der Waals surface area contributed by atoms with Crippen LogP contribution in [0.15, 0.2) is 0 Å². The average Bonchev–Trinajstić information content (AvgIpc) is 2.52. The maximum absolute atomic E-state index is 11.0. The minimum atomic E-state index is -0.0572. The monoisotopic (exact) mass is 296 g/mol. The number of methoxy groups -OCH3 is 1. The summed E-state index contributed by atoms with van der Waals surface area (Å²) in [4.78, 5) is 11.0. The van der Waals surface area contributed by atoms with Crippen molar-refractivity contribution in [3.63, 3.8) is 0 Å². The van der Waals surface area contributed by atoms with Crippen molar-refractivity contribution < 1.29 is 9.53 Å². The van der Waals surface area contributed by atoms with Crippen LogP contribution in [-0.2, 0) is 9.53 Å². The molecule has 0 N–H and O–H groups in total. The number of rotatable bonds is 11. The van der Waals surface area contributed by atoms with E-state index in [-0.39, 0.29) is 5.97 Å². The number of hydrogen-bond acceptors (Lipinski definition) is 2. The summed E-state index contributed by atoms with van der Waals surface area (Å²) in [5.74, 6) is 1.95. The third kappa shape index (κ3) is 8.48. The third-order valence-electron chi connectivity index (χ3n) is 5.18. The van der Waals surface area contributed by atoms with Crippen LogP contribution in [0.3, 0.4) is 0 Å². The molecule has 0 heterocycles. The van der Waals surface area contributed by atoms with E-state index < -0.39 is 0 Å². The zero-order chi connectivity index (χ0) is 15.3. The molecule has 0 aliphatic heterocycles. The Kier molecular flexibility index (Phi) is 10.6. The van der Waals surface area contributed by atoms with Crippen LogP contribution in [0.1, 0.15) is 96.8 Å². The van der Waals surface area contributed by atoms with Crippen molar-refractivity contribution in [3.05, 3.63) is 0 Å². The molecular formula is C19H36O2. The van der Waals surface area contributed by atoms with E-state index in [4.69, 9.17) is 0 Å². The second kappa shape index (κ2) is 12.1. The van der Waals surface area contributed by atoms with E-state index in [1.54, 1.807) is 0 Å². The molecule has 0 saturated heterocycles. The Labute approximate surface area is 132 Å². The molecule has 0 radical (unpaired) electrons. The second-order valence-corrected chi connectivity index (χ2v) is 6.83. The molecular weight excluding hydrogens is 260 g/mol. The summed E-state index contributed by atoms with van der Waals surface area (Å²) in [7, 11) is 1.48. The second-order valence-electron chi connectivity index (χ2n) is 6.83. The van der Waals surface area contributed by atoms with Crippen molar-refractivity contribution in [1.82, 2.24) is 0 Å². The smallest absolute Gasteiger partial charge is 0.305 e. The summed E-state index contributed by atoms with van der Waals surface area (Å²) in [5, 5.41) is 0. The van der Waals surface area contributed by atoms with Gasteiger partial charge >= 0.3 is 5.97 Å². The van der Waals surface area contributed by atoms with Gasteiger partial charge in [-0.15, -0.1) is 0 Å². The molecule has 124 valence electrons. The summed E-state index contributed by atoms with van der Waals surface area (Å²) in [6, 6.07) is 0. The van der Waals surface area contributed by atoms with Gasteiger partial charge < -0.3 is 4.74 Å². The van der Waals surface area contributed by atoms with Crippen molar-refractivity contribution in [2.75, 3.05) is 7.11 Å². The summed E-state index contributed by atoms with van der Waals surface area (Å²) in [5.41, 5.74) is 0. The van der Waals surface area contributed by atoms with Gasteiger partial charge in [0.25, 0.3) is 0 Å². The van der Waals surface area contributed by atoms with Crippen LogP contribution in [-0.4, -0.2) is 13.1 Å². The van der Waals surface area contributed by atoms with E-state index in [9.17, 15) is 4.79 Å². The fourth-order valence-electron chi connectivity index (χ4n) is 3.83. The van der Waals surface area contributed by atoms with Crippen molar-refractivity contribution in [2.24, 2.45) is 11.8 Å². The number of carbonyl (C=O) groups excluding carboxylic acids is 1. The highest BCUT2D eigenvalue weighted by Gasteiger charge is 2.23. The first-order valence-corrected chi connectivity index (χ1v) is 9.34. The Balaban J connectivity index is 2.08. The molecule has 0 aromatic heterocycles. The van der Waals surface area contributed by atoms with Gasteiger partial charge in [0, 0.05) is 6.42 Å². The number of carbonyl (C=O) groups is 1. The van der Waals surface area contributed by atoms with Crippen LogP contribution in [0, 0.1) is 11.8 Å². The number of hydrogen-bond donors (Lipinski definition) is 0. The highest BCUT2D eigenvalue weighted by molar-refractivity contribution is 5.68. The molecule has 2 nitrogen and oxygen atoms in total. The van der Waals surface area contributed by atoms with Crippen molar-refractivity contribution >= 4 is 5.97 Å². The minimum absolute atomic E-state index is 0.0572. The van der Waals surface area contributed by atoms with Gasteiger partial charge in [-0.25, -0.2) is 0 Å². The van der Waals surface area contributed by atoms with Gasteiger partial charge in [0.2, 0.25) is 0 Å². The first-order valence-electron chi connectivity index (χ1n) is 9.34. The van der Waals surface area contributed by atoms with Crippen LogP contribution in [0.2, 0.25) is 0 Å². The lowest BCUT2D eigenvalue weighted by atomic mass is 9.74. The standard InChI is InChI=1S/C19H36O2/c1-3-4-7-12-17-14-10-11-15-18(17)13-8-5-6-9-16-19(20)21-2/h17-18H,3-16H2,1-2H3. The number of ether oxygens (including phenoxy) is 1. The lowest BCUT2D eigenvalue weighted by molar-refractivity contribution is -0.140. The first-order chi connectivity index (χ1) is 10.3. The molecule has 0 spiro atoms. The van der Waals surface area contributed by atoms with Crippen molar-refractivity contribution in [3.8, 4) is 0 Å². The maximum Gasteiger partial charge on any atom is 0.305 e. The molecule has 1 fully saturated rings. The highest BCUT2D eigenvalue weighted by atomic mass is 16.5. The Bertz CT molecular complexity index is 262. The Morgan fingerprint density at radius 1 is 0.905 bits per heavy atom. The van der Waals surface area contributed by atoms with E-state index >= 15 is 0 Å². The quantitative estimate of drug-likeness (QED) is 0.351. The molecule has 21 heavy (non-hydrogen) atoms. The van der Waals surface area contributed by atoms with E-state index in [1.165, 1.54) is 84.2 Å². The van der Waals surface area contributed by atoms with E-state index in [2.05, 4.69) is 11.7 Å². The minimum Gasteiger partial charge on any atom is -0.469 e. The maximum atomic E-state index is 11.0. The van der Waals surface area contributed by atoms with Crippen molar-refractivity contribution in [2.45, 2.75) is 96.8 Å². The first kappa shape index (κ1) is 18.5. The van der Waals surface area contributed by atoms with Gasteiger partial charge in [-0.3, -0.25) is 4.79 Å². The van der Waals surface area contributed by atoms with E-state index in [1.807, 2.05) is 0 Å². The van der Waals surface area contributed by atoms with E-state index in [0.29, 0.717) is 6.42 Å². The van der Waals surface area contributed by atoms with Gasteiger partial charge in [0.15, 0.2) is 0 Å². The molecule has 0 aromatic rings. The molecule has 2 heteroatoms. The van der Waals surface area contributed by atoms with Gasteiger partial charge in [-0.2, -0.15) is 0 Å². The third-order valence-corrected chi connectivity index (χ3v) is 5.18. The fraction of sp³-hybridized carbons (Fsp3) is 0.947. The van der Waals surface area contributed by atoms with Crippen LogP contribution in [0.4, 0.5) is 0 Å². The van der Waals surface area contributed by atoms with Crippen molar-refractivity contribution in [1.29, 1.82) is 0 Å². The molecule has 2 unspecified atom stereocenters. The molecule has 0 bridgehead atoms. The highest BCUT2D eigenvalue weighted by Crippen LogP contribution is 2.36. The summed E-state index contributed by atoms with van der Waals surface area (Å²) in [6.07, 6.45) is 18.4. The molecule has 0 amide bonds. The van der Waals surface area contributed by atoms with Crippen LogP contribution in [0.25, 0.3) is 0 Å². The van der Waals surface area contributed by atoms with Gasteiger partial charge in [-0.05, 0) is 18.3 Å². The molecule has 1 rings (SSSR count).